The van der Waals surface area contributed by atoms with Crippen LogP contribution in [0.15, 0.2) is 24.3 Å². The van der Waals surface area contributed by atoms with Crippen LogP contribution in [0.5, 0.6) is 5.75 Å². The van der Waals surface area contributed by atoms with Crippen molar-refractivity contribution in [3.05, 3.63) is 29.8 Å². The van der Waals surface area contributed by atoms with Crippen LogP contribution < -0.4 is 10.1 Å². The van der Waals surface area contributed by atoms with Crippen molar-refractivity contribution in [3.63, 3.8) is 0 Å². The van der Waals surface area contributed by atoms with E-state index in [0.29, 0.717) is 6.61 Å². The van der Waals surface area contributed by atoms with Crippen LogP contribution in [0.2, 0.25) is 0 Å². The topological polar surface area (TPSA) is 41.5 Å². The molecule has 3 nitrogen and oxygen atoms in total. The number of hydrogen-bond donors (Lipinski definition) is 2. The maximum absolute atomic E-state index is 10.2. The quantitative estimate of drug-likeness (QED) is 0.765. The minimum Gasteiger partial charge on any atom is -0.494 e. The SMILES string of the molecule is CCCOc1cccc(C(O)C(C)NCC)c1. The third kappa shape index (κ3) is 4.36. The molecule has 2 N–H and O–H groups in total. The highest BCUT2D eigenvalue weighted by molar-refractivity contribution is 5.30. The van der Waals surface area contributed by atoms with Crippen LogP contribution >= 0.6 is 0 Å². The van der Waals surface area contributed by atoms with Crippen LogP contribution in [0.3, 0.4) is 0 Å². The summed E-state index contributed by atoms with van der Waals surface area (Å²) in [6.45, 7) is 7.65. The second-order valence-electron chi connectivity index (χ2n) is 4.21. The minimum absolute atomic E-state index is 0.0430. The number of likely N-dealkylation sites (N-methyl/N-ethyl adjacent to an activating group) is 1. The highest BCUT2D eigenvalue weighted by Crippen LogP contribution is 2.21. The lowest BCUT2D eigenvalue weighted by atomic mass is 10.0. The van der Waals surface area contributed by atoms with Crippen LogP contribution in [0, 0.1) is 0 Å². The first kappa shape index (κ1) is 14.0. The number of nitrogens with one attached hydrogen (secondary N) is 1. The van der Waals surface area contributed by atoms with Gasteiger partial charge in [0.15, 0.2) is 0 Å². The summed E-state index contributed by atoms with van der Waals surface area (Å²) >= 11 is 0. The van der Waals surface area contributed by atoms with Crippen LogP contribution in [0.4, 0.5) is 0 Å². The second kappa shape index (κ2) is 7.30. The number of rotatable bonds is 7. The van der Waals surface area contributed by atoms with Gasteiger partial charge in [-0.3, -0.25) is 0 Å². The van der Waals surface area contributed by atoms with Gasteiger partial charge in [0.05, 0.1) is 12.7 Å². The molecule has 1 aromatic carbocycles. The van der Waals surface area contributed by atoms with Crippen molar-refractivity contribution < 1.29 is 9.84 Å². The molecular formula is C14H23NO2. The van der Waals surface area contributed by atoms with Crippen molar-refractivity contribution >= 4 is 0 Å². The van der Waals surface area contributed by atoms with Crippen molar-refractivity contribution in [1.29, 1.82) is 0 Å². The minimum atomic E-state index is -0.500. The summed E-state index contributed by atoms with van der Waals surface area (Å²) in [6.07, 6.45) is 0.487. The van der Waals surface area contributed by atoms with Crippen LogP contribution in [0.25, 0.3) is 0 Å². The van der Waals surface area contributed by atoms with E-state index < -0.39 is 6.10 Å². The van der Waals surface area contributed by atoms with E-state index in [0.717, 1.165) is 24.3 Å². The Morgan fingerprint density at radius 1 is 1.35 bits per heavy atom. The molecule has 0 aliphatic heterocycles. The number of aliphatic hydroxyl groups excluding tert-OH is 1. The molecule has 0 amide bonds. The zero-order valence-electron chi connectivity index (χ0n) is 10.9. The molecule has 0 aliphatic rings. The third-order valence-corrected chi connectivity index (χ3v) is 2.67. The first-order valence-electron chi connectivity index (χ1n) is 6.33. The summed E-state index contributed by atoms with van der Waals surface area (Å²) in [5.41, 5.74) is 0.895. The smallest absolute Gasteiger partial charge is 0.119 e. The molecule has 0 spiro atoms. The highest BCUT2D eigenvalue weighted by Gasteiger charge is 2.15. The fourth-order valence-corrected chi connectivity index (χ4v) is 1.73. The van der Waals surface area contributed by atoms with Crippen molar-refractivity contribution in [3.8, 4) is 5.75 Å². The lowest BCUT2D eigenvalue weighted by Gasteiger charge is -2.20. The maximum Gasteiger partial charge on any atom is 0.119 e. The fraction of sp³-hybridized carbons (Fsp3) is 0.571. The molecule has 17 heavy (non-hydrogen) atoms. The molecule has 0 aromatic heterocycles. The zero-order valence-corrected chi connectivity index (χ0v) is 10.9. The van der Waals surface area contributed by atoms with Crippen molar-refractivity contribution in [2.75, 3.05) is 13.2 Å². The predicted molar refractivity (Wildman–Crippen MR) is 70.3 cm³/mol. The Kier molecular flexibility index (Phi) is 6.01. The molecular weight excluding hydrogens is 214 g/mol. The number of aliphatic hydroxyl groups is 1. The van der Waals surface area contributed by atoms with E-state index in [1.54, 1.807) is 0 Å². The van der Waals surface area contributed by atoms with Gasteiger partial charge >= 0.3 is 0 Å². The summed E-state index contributed by atoms with van der Waals surface area (Å²) < 4.78 is 5.55. The zero-order chi connectivity index (χ0) is 12.7. The Hall–Kier alpha value is -1.06. The Balaban J connectivity index is 2.69. The summed E-state index contributed by atoms with van der Waals surface area (Å²) in [4.78, 5) is 0. The largest absolute Gasteiger partial charge is 0.494 e. The molecule has 0 saturated heterocycles. The monoisotopic (exact) mass is 237 g/mol. The van der Waals surface area contributed by atoms with Gasteiger partial charge in [-0.15, -0.1) is 0 Å². The van der Waals surface area contributed by atoms with Gasteiger partial charge in [0.1, 0.15) is 5.75 Å². The van der Waals surface area contributed by atoms with Gasteiger partial charge < -0.3 is 15.2 Å². The molecule has 2 atom stereocenters. The van der Waals surface area contributed by atoms with Crippen molar-refractivity contribution in [2.24, 2.45) is 0 Å². The average molecular weight is 237 g/mol. The Morgan fingerprint density at radius 3 is 2.76 bits per heavy atom. The van der Waals surface area contributed by atoms with Crippen LogP contribution in [-0.4, -0.2) is 24.3 Å². The lowest BCUT2D eigenvalue weighted by Crippen LogP contribution is -2.31. The summed E-state index contributed by atoms with van der Waals surface area (Å²) in [5, 5.41) is 13.4. The molecule has 0 radical (unpaired) electrons. The molecule has 0 aliphatic carbocycles. The normalized spacial score (nSPS) is 14.4. The molecule has 0 saturated carbocycles. The van der Waals surface area contributed by atoms with Gasteiger partial charge in [-0.1, -0.05) is 26.0 Å². The first-order chi connectivity index (χ1) is 8.19. The van der Waals surface area contributed by atoms with Gasteiger partial charge in [-0.05, 0) is 37.6 Å². The van der Waals surface area contributed by atoms with Gasteiger partial charge in [-0.2, -0.15) is 0 Å². The van der Waals surface area contributed by atoms with E-state index in [1.165, 1.54) is 0 Å². The first-order valence-corrected chi connectivity index (χ1v) is 6.33. The van der Waals surface area contributed by atoms with Crippen LogP contribution in [0.1, 0.15) is 38.9 Å². The standard InChI is InChI=1S/C14H23NO2/c1-4-9-17-13-8-6-7-12(10-13)14(16)11(3)15-5-2/h6-8,10-11,14-16H,4-5,9H2,1-3H3. The van der Waals surface area contributed by atoms with Gasteiger partial charge in [-0.25, -0.2) is 0 Å². The summed E-state index contributed by atoms with van der Waals surface area (Å²) in [7, 11) is 0. The van der Waals surface area contributed by atoms with E-state index in [1.807, 2.05) is 38.1 Å². The molecule has 96 valence electrons. The predicted octanol–water partition coefficient (Wildman–Crippen LogP) is 2.51. The molecule has 1 rings (SSSR count). The summed E-state index contributed by atoms with van der Waals surface area (Å²) in [5.74, 6) is 0.826. The Morgan fingerprint density at radius 2 is 2.12 bits per heavy atom. The Bertz CT molecular complexity index is 328. The number of ether oxygens (including phenoxy) is 1. The highest BCUT2D eigenvalue weighted by atomic mass is 16.5. The maximum atomic E-state index is 10.2. The molecule has 0 fully saturated rings. The molecule has 1 aromatic rings. The van der Waals surface area contributed by atoms with E-state index in [9.17, 15) is 5.11 Å². The van der Waals surface area contributed by atoms with Crippen molar-refractivity contribution in [2.45, 2.75) is 39.3 Å². The van der Waals surface area contributed by atoms with E-state index in [4.69, 9.17) is 4.74 Å². The molecule has 0 bridgehead atoms. The Labute approximate surface area is 104 Å². The average Bonchev–Trinajstić information content (AvgIpc) is 2.36. The van der Waals surface area contributed by atoms with E-state index in [2.05, 4.69) is 12.2 Å². The van der Waals surface area contributed by atoms with E-state index in [-0.39, 0.29) is 6.04 Å². The van der Waals surface area contributed by atoms with Crippen LogP contribution in [-0.2, 0) is 0 Å². The second-order valence-corrected chi connectivity index (χ2v) is 4.21. The number of benzene rings is 1. The summed E-state index contributed by atoms with van der Waals surface area (Å²) in [6, 6.07) is 7.72. The molecule has 0 heterocycles. The third-order valence-electron chi connectivity index (χ3n) is 2.67. The fourth-order valence-electron chi connectivity index (χ4n) is 1.73. The molecule has 3 heteroatoms. The molecule has 2 unspecified atom stereocenters. The van der Waals surface area contributed by atoms with Crippen molar-refractivity contribution in [1.82, 2.24) is 5.32 Å². The van der Waals surface area contributed by atoms with Gasteiger partial charge in [0.2, 0.25) is 0 Å². The van der Waals surface area contributed by atoms with Gasteiger partial charge in [0.25, 0.3) is 0 Å². The lowest BCUT2D eigenvalue weighted by molar-refractivity contribution is 0.136. The van der Waals surface area contributed by atoms with Gasteiger partial charge in [0, 0.05) is 6.04 Å². The number of hydrogen-bond acceptors (Lipinski definition) is 3. The van der Waals surface area contributed by atoms with E-state index >= 15 is 0 Å².